The molecule has 0 aromatic carbocycles. The molecule has 4 nitrogen and oxygen atoms in total. The second kappa shape index (κ2) is 3.92. The number of fused-ring (bicyclic) bond motifs is 1. The fourth-order valence-electron chi connectivity index (χ4n) is 2.00. The van der Waals surface area contributed by atoms with Gasteiger partial charge in [0.1, 0.15) is 12.1 Å². The molecule has 5 heteroatoms. The molecule has 0 radical (unpaired) electrons. The minimum Gasteiger partial charge on any atom is -0.368 e. The van der Waals surface area contributed by atoms with Gasteiger partial charge in [0.25, 0.3) is 0 Å². The van der Waals surface area contributed by atoms with Gasteiger partial charge in [-0.25, -0.2) is 9.97 Å². The molecular formula is C12H16N4S. The van der Waals surface area contributed by atoms with Gasteiger partial charge in [0.05, 0.1) is 10.2 Å². The highest BCUT2D eigenvalue weighted by atomic mass is 32.1. The van der Waals surface area contributed by atoms with Crippen LogP contribution in [0.4, 0.5) is 5.82 Å². The maximum absolute atomic E-state index is 5.78. The van der Waals surface area contributed by atoms with Crippen molar-refractivity contribution in [1.29, 1.82) is 0 Å². The summed E-state index contributed by atoms with van der Waals surface area (Å²) in [6.07, 6.45) is 4.09. The molecule has 2 heterocycles. The highest BCUT2D eigenvalue weighted by Gasteiger charge is 2.40. The van der Waals surface area contributed by atoms with Crippen LogP contribution >= 0.6 is 11.3 Å². The van der Waals surface area contributed by atoms with Crippen molar-refractivity contribution < 1.29 is 0 Å². The van der Waals surface area contributed by atoms with E-state index in [-0.39, 0.29) is 0 Å². The number of aryl methyl sites for hydroxylation is 1. The summed E-state index contributed by atoms with van der Waals surface area (Å²) in [6, 6.07) is 0. The SMILES string of the molecule is Cc1csc2c(NCC3(CN)CC3)ncnc12. The summed E-state index contributed by atoms with van der Waals surface area (Å²) in [5.74, 6) is 0.952. The lowest BCUT2D eigenvalue weighted by atomic mass is 10.1. The van der Waals surface area contributed by atoms with Gasteiger partial charge in [-0.3, -0.25) is 0 Å². The Bertz CT molecular complexity index is 544. The second-order valence-electron chi connectivity index (χ2n) is 4.88. The van der Waals surface area contributed by atoms with E-state index in [0.29, 0.717) is 5.41 Å². The molecule has 0 unspecified atom stereocenters. The van der Waals surface area contributed by atoms with Crippen molar-refractivity contribution in [3.63, 3.8) is 0 Å². The molecule has 3 rings (SSSR count). The number of nitrogens with zero attached hydrogens (tertiary/aromatic N) is 2. The fourth-order valence-corrected chi connectivity index (χ4v) is 2.96. The molecule has 1 saturated carbocycles. The molecule has 1 aliphatic carbocycles. The first-order chi connectivity index (χ1) is 8.24. The summed E-state index contributed by atoms with van der Waals surface area (Å²) in [5, 5.41) is 5.56. The summed E-state index contributed by atoms with van der Waals surface area (Å²) >= 11 is 1.70. The van der Waals surface area contributed by atoms with Gasteiger partial charge in [0.2, 0.25) is 0 Å². The van der Waals surface area contributed by atoms with Crippen molar-refractivity contribution in [2.24, 2.45) is 11.1 Å². The van der Waals surface area contributed by atoms with E-state index in [9.17, 15) is 0 Å². The highest BCUT2D eigenvalue weighted by Crippen LogP contribution is 2.44. The standard InChI is InChI=1S/C12H16N4S/c1-8-4-17-10-9(8)15-7-16-11(10)14-6-12(5-13)2-3-12/h4,7H,2-3,5-6,13H2,1H3,(H,14,15,16). The van der Waals surface area contributed by atoms with E-state index < -0.39 is 0 Å². The first-order valence-electron chi connectivity index (χ1n) is 5.87. The smallest absolute Gasteiger partial charge is 0.147 e. The van der Waals surface area contributed by atoms with Gasteiger partial charge in [0.15, 0.2) is 0 Å². The van der Waals surface area contributed by atoms with Crippen LogP contribution in [0.5, 0.6) is 0 Å². The maximum atomic E-state index is 5.78. The molecule has 0 atom stereocenters. The Kier molecular flexibility index (Phi) is 2.52. The minimum atomic E-state index is 0.323. The van der Waals surface area contributed by atoms with E-state index in [1.54, 1.807) is 17.7 Å². The molecule has 90 valence electrons. The Morgan fingerprint density at radius 3 is 3.00 bits per heavy atom. The van der Waals surface area contributed by atoms with Crippen molar-refractivity contribution in [3.05, 3.63) is 17.3 Å². The summed E-state index contributed by atoms with van der Waals surface area (Å²) in [5.41, 5.74) is 8.38. The Balaban J connectivity index is 1.85. The van der Waals surface area contributed by atoms with Crippen LogP contribution in [0.2, 0.25) is 0 Å². The summed E-state index contributed by atoms with van der Waals surface area (Å²) in [6.45, 7) is 3.77. The fraction of sp³-hybridized carbons (Fsp3) is 0.500. The molecule has 1 fully saturated rings. The zero-order valence-corrected chi connectivity index (χ0v) is 10.7. The number of anilines is 1. The van der Waals surface area contributed by atoms with Crippen molar-refractivity contribution >= 4 is 27.4 Å². The lowest BCUT2D eigenvalue weighted by molar-refractivity contribution is 0.555. The topological polar surface area (TPSA) is 63.8 Å². The third-order valence-corrected chi connectivity index (χ3v) is 4.65. The number of rotatable bonds is 4. The van der Waals surface area contributed by atoms with Gasteiger partial charge in [-0.05, 0) is 42.7 Å². The largest absolute Gasteiger partial charge is 0.368 e. The Morgan fingerprint density at radius 1 is 1.47 bits per heavy atom. The number of hydrogen-bond acceptors (Lipinski definition) is 5. The van der Waals surface area contributed by atoms with E-state index in [2.05, 4.69) is 27.6 Å². The molecular weight excluding hydrogens is 232 g/mol. The number of thiophene rings is 1. The lowest BCUT2D eigenvalue weighted by Crippen LogP contribution is -2.24. The highest BCUT2D eigenvalue weighted by molar-refractivity contribution is 7.18. The molecule has 0 amide bonds. The third-order valence-electron chi connectivity index (χ3n) is 3.55. The average Bonchev–Trinajstić information content (AvgIpc) is 3.05. The van der Waals surface area contributed by atoms with Crippen LogP contribution in [-0.4, -0.2) is 23.1 Å². The Hall–Kier alpha value is -1.20. The molecule has 2 aromatic rings. The maximum Gasteiger partial charge on any atom is 0.147 e. The molecule has 17 heavy (non-hydrogen) atoms. The molecule has 0 aliphatic heterocycles. The zero-order valence-electron chi connectivity index (χ0n) is 9.86. The molecule has 3 N–H and O–H groups in total. The summed E-state index contributed by atoms with van der Waals surface area (Å²) < 4.78 is 1.15. The number of hydrogen-bond donors (Lipinski definition) is 2. The van der Waals surface area contributed by atoms with Crippen LogP contribution in [0.3, 0.4) is 0 Å². The molecule has 2 aromatic heterocycles. The van der Waals surface area contributed by atoms with Gasteiger partial charge < -0.3 is 11.1 Å². The first-order valence-corrected chi connectivity index (χ1v) is 6.75. The Morgan fingerprint density at radius 2 is 2.29 bits per heavy atom. The van der Waals surface area contributed by atoms with Crippen LogP contribution in [0, 0.1) is 12.3 Å². The average molecular weight is 248 g/mol. The van der Waals surface area contributed by atoms with E-state index in [0.717, 1.165) is 29.1 Å². The monoisotopic (exact) mass is 248 g/mol. The van der Waals surface area contributed by atoms with Crippen LogP contribution in [0.15, 0.2) is 11.7 Å². The normalized spacial score (nSPS) is 17.3. The van der Waals surface area contributed by atoms with Crippen molar-refractivity contribution in [2.75, 3.05) is 18.4 Å². The minimum absolute atomic E-state index is 0.323. The zero-order chi connectivity index (χ0) is 11.9. The van der Waals surface area contributed by atoms with E-state index in [1.165, 1.54) is 18.4 Å². The van der Waals surface area contributed by atoms with Crippen LogP contribution in [-0.2, 0) is 0 Å². The van der Waals surface area contributed by atoms with Gasteiger partial charge in [0, 0.05) is 6.54 Å². The molecule has 0 bridgehead atoms. The van der Waals surface area contributed by atoms with E-state index >= 15 is 0 Å². The van der Waals surface area contributed by atoms with Crippen LogP contribution < -0.4 is 11.1 Å². The van der Waals surface area contributed by atoms with E-state index in [1.807, 2.05) is 0 Å². The summed E-state index contributed by atoms with van der Waals surface area (Å²) in [7, 11) is 0. The molecule has 0 spiro atoms. The molecule has 0 saturated heterocycles. The van der Waals surface area contributed by atoms with Gasteiger partial charge in [-0.1, -0.05) is 0 Å². The molecule has 1 aliphatic rings. The quantitative estimate of drug-likeness (QED) is 0.870. The number of nitrogens with one attached hydrogen (secondary N) is 1. The predicted octanol–water partition coefficient (Wildman–Crippen LogP) is 2.15. The van der Waals surface area contributed by atoms with Gasteiger partial charge in [-0.15, -0.1) is 11.3 Å². The summed E-state index contributed by atoms with van der Waals surface area (Å²) in [4.78, 5) is 8.65. The number of nitrogens with two attached hydrogens (primary N) is 1. The number of aromatic nitrogens is 2. The van der Waals surface area contributed by atoms with Crippen LogP contribution in [0.1, 0.15) is 18.4 Å². The second-order valence-corrected chi connectivity index (χ2v) is 5.76. The van der Waals surface area contributed by atoms with Crippen LogP contribution in [0.25, 0.3) is 10.2 Å². The van der Waals surface area contributed by atoms with Gasteiger partial charge >= 0.3 is 0 Å². The third kappa shape index (κ3) is 1.89. The lowest BCUT2D eigenvalue weighted by Gasteiger charge is -2.13. The van der Waals surface area contributed by atoms with Crippen molar-refractivity contribution in [2.45, 2.75) is 19.8 Å². The Labute approximate surface area is 104 Å². The van der Waals surface area contributed by atoms with E-state index in [4.69, 9.17) is 5.73 Å². The van der Waals surface area contributed by atoms with Crippen molar-refractivity contribution in [1.82, 2.24) is 9.97 Å². The predicted molar refractivity (Wildman–Crippen MR) is 71.4 cm³/mol. The van der Waals surface area contributed by atoms with Crippen molar-refractivity contribution in [3.8, 4) is 0 Å². The van der Waals surface area contributed by atoms with Gasteiger partial charge in [-0.2, -0.15) is 0 Å². The first kappa shape index (κ1) is 10.9.